The average molecular weight is 639 g/mol. The molecule has 0 radical (unpaired) electrons. The van der Waals surface area contributed by atoms with Crippen LogP contribution in [0, 0.1) is 0 Å². The molecule has 1 saturated heterocycles. The van der Waals surface area contributed by atoms with E-state index >= 15 is 0 Å². The van der Waals surface area contributed by atoms with E-state index in [0.29, 0.717) is 51.6 Å². The lowest BCUT2D eigenvalue weighted by atomic mass is 9.74. The number of aliphatic hydroxyl groups is 1. The van der Waals surface area contributed by atoms with Crippen LogP contribution in [-0.2, 0) is 27.2 Å². The van der Waals surface area contributed by atoms with Crippen molar-refractivity contribution in [2.24, 2.45) is 5.73 Å². The van der Waals surface area contributed by atoms with Crippen LogP contribution in [0.5, 0.6) is 0 Å². The Kier molecular flexibility index (Phi) is 11.5. The van der Waals surface area contributed by atoms with E-state index in [4.69, 9.17) is 5.73 Å². The van der Waals surface area contributed by atoms with E-state index in [0.717, 1.165) is 47.9 Å². The molecule has 2 atom stereocenters. The summed E-state index contributed by atoms with van der Waals surface area (Å²) in [6.07, 6.45) is 6.22. The van der Waals surface area contributed by atoms with Gasteiger partial charge in [0.05, 0.1) is 6.10 Å². The minimum Gasteiger partial charge on any atom is -0.393 e. The first-order chi connectivity index (χ1) is 22.6. The van der Waals surface area contributed by atoms with Gasteiger partial charge in [-0.3, -0.25) is 14.4 Å². The van der Waals surface area contributed by atoms with E-state index in [9.17, 15) is 19.5 Å². The lowest BCUT2D eigenvalue weighted by Gasteiger charge is -2.39. The summed E-state index contributed by atoms with van der Waals surface area (Å²) in [5.74, 6) is -0.504. The zero-order chi connectivity index (χ0) is 33.4. The van der Waals surface area contributed by atoms with Crippen molar-refractivity contribution in [3.05, 3.63) is 96.1 Å². The number of likely N-dealkylation sites (tertiary alicyclic amines) is 1. The molecule has 0 bridgehead atoms. The van der Waals surface area contributed by atoms with Crippen LogP contribution in [-0.4, -0.2) is 88.4 Å². The first kappa shape index (κ1) is 34.3. The van der Waals surface area contributed by atoms with Gasteiger partial charge in [-0.05, 0) is 67.2 Å². The largest absolute Gasteiger partial charge is 0.393 e. The van der Waals surface area contributed by atoms with Crippen molar-refractivity contribution < 1.29 is 19.5 Å². The van der Waals surface area contributed by atoms with Gasteiger partial charge in [0.1, 0.15) is 12.1 Å². The second-order valence-corrected chi connectivity index (χ2v) is 13.6. The molecule has 0 aromatic heterocycles. The second-order valence-electron chi connectivity index (χ2n) is 13.6. The maximum absolute atomic E-state index is 14.5. The van der Waals surface area contributed by atoms with E-state index in [1.807, 2.05) is 72.8 Å². The van der Waals surface area contributed by atoms with Crippen molar-refractivity contribution >= 4 is 17.7 Å². The molecule has 2 fully saturated rings. The fourth-order valence-electron chi connectivity index (χ4n) is 6.81. The number of benzene rings is 3. The molecule has 250 valence electrons. The number of nitrogens with zero attached hydrogens (tertiary/aromatic N) is 3. The Balaban J connectivity index is 1.38. The highest BCUT2D eigenvalue weighted by atomic mass is 16.3. The summed E-state index contributed by atoms with van der Waals surface area (Å²) < 4.78 is 0. The SMILES string of the molecule is CN(C(=O)[C@@H](Cc1ccc(-c2ccccc2)cc1)N(C)C(=O)CCCC1(N)CCC1)C(Cc1ccccc1)C(=O)N1CCC(O)CC1. The Morgan fingerprint density at radius 3 is 1.96 bits per heavy atom. The van der Waals surface area contributed by atoms with Crippen LogP contribution < -0.4 is 5.73 Å². The van der Waals surface area contributed by atoms with Gasteiger partial charge in [-0.15, -0.1) is 0 Å². The second kappa shape index (κ2) is 15.7. The first-order valence-electron chi connectivity index (χ1n) is 17.1. The maximum Gasteiger partial charge on any atom is 0.246 e. The summed E-state index contributed by atoms with van der Waals surface area (Å²) in [6, 6.07) is 26.4. The molecule has 1 heterocycles. The predicted molar refractivity (Wildman–Crippen MR) is 185 cm³/mol. The zero-order valence-corrected chi connectivity index (χ0v) is 27.9. The monoisotopic (exact) mass is 638 g/mol. The quantitative estimate of drug-likeness (QED) is 0.279. The number of piperidine rings is 1. The normalized spacial score (nSPS) is 17.3. The molecular formula is C39H50N4O4. The van der Waals surface area contributed by atoms with Gasteiger partial charge >= 0.3 is 0 Å². The molecule has 47 heavy (non-hydrogen) atoms. The van der Waals surface area contributed by atoms with Gasteiger partial charge in [0.15, 0.2) is 0 Å². The van der Waals surface area contributed by atoms with Crippen LogP contribution in [0.2, 0.25) is 0 Å². The summed E-state index contributed by atoms with van der Waals surface area (Å²) >= 11 is 0. The lowest BCUT2D eigenvalue weighted by Crippen LogP contribution is -2.57. The number of nitrogens with two attached hydrogens (primary N) is 1. The Bertz CT molecular complexity index is 1470. The molecule has 3 amide bonds. The fourth-order valence-corrected chi connectivity index (χ4v) is 6.81. The van der Waals surface area contributed by atoms with Crippen LogP contribution in [0.4, 0.5) is 0 Å². The highest BCUT2D eigenvalue weighted by Gasteiger charge is 2.38. The molecule has 1 aliphatic heterocycles. The summed E-state index contributed by atoms with van der Waals surface area (Å²) in [7, 11) is 3.39. The number of carbonyl (C=O) groups excluding carboxylic acids is 3. The molecule has 8 heteroatoms. The van der Waals surface area contributed by atoms with Crippen LogP contribution in [0.3, 0.4) is 0 Å². The van der Waals surface area contributed by atoms with Crippen molar-refractivity contribution in [2.45, 2.75) is 87.9 Å². The standard InChI is InChI=1S/C39H50N4O4/c1-41(36(45)15-9-22-39(40)23-10-24-39)34(28-30-16-18-32(19-17-30)31-13-7-4-8-14-31)37(46)42(2)35(27-29-11-5-3-6-12-29)38(47)43-25-20-33(44)21-26-43/h3-8,11-14,16-19,33-35,44H,9-10,15,20-28,40H2,1-2H3/t34-,35?/m1/s1. The third-order valence-electron chi connectivity index (χ3n) is 10.2. The summed E-state index contributed by atoms with van der Waals surface area (Å²) in [4.78, 5) is 47.1. The number of rotatable bonds is 13. The van der Waals surface area contributed by atoms with Crippen molar-refractivity contribution in [3.8, 4) is 11.1 Å². The predicted octanol–water partition coefficient (Wildman–Crippen LogP) is 4.83. The Morgan fingerprint density at radius 1 is 0.809 bits per heavy atom. The van der Waals surface area contributed by atoms with E-state index in [2.05, 4.69) is 12.1 Å². The number of likely N-dealkylation sites (N-methyl/N-ethyl adjacent to an activating group) is 2. The van der Waals surface area contributed by atoms with Gasteiger partial charge < -0.3 is 25.5 Å². The molecule has 3 aromatic carbocycles. The molecule has 0 spiro atoms. The molecule has 1 unspecified atom stereocenters. The number of hydrogen-bond acceptors (Lipinski definition) is 5. The number of carbonyl (C=O) groups is 3. The lowest BCUT2D eigenvalue weighted by molar-refractivity contribution is -0.150. The Labute approximate surface area is 279 Å². The van der Waals surface area contributed by atoms with Crippen LogP contribution in [0.1, 0.15) is 62.5 Å². The maximum atomic E-state index is 14.5. The third-order valence-corrected chi connectivity index (χ3v) is 10.2. The Hall–Kier alpha value is -4.01. The van der Waals surface area contributed by atoms with E-state index in [1.54, 1.807) is 28.8 Å². The molecule has 1 saturated carbocycles. The molecule has 2 aliphatic rings. The molecule has 8 nitrogen and oxygen atoms in total. The van der Waals surface area contributed by atoms with Crippen molar-refractivity contribution in [2.75, 3.05) is 27.2 Å². The van der Waals surface area contributed by atoms with Gasteiger partial charge in [-0.2, -0.15) is 0 Å². The summed E-state index contributed by atoms with van der Waals surface area (Å²) in [5, 5.41) is 10.1. The minimum atomic E-state index is -0.792. The van der Waals surface area contributed by atoms with Crippen LogP contribution >= 0.6 is 0 Å². The number of hydrogen-bond donors (Lipinski definition) is 2. The smallest absolute Gasteiger partial charge is 0.246 e. The van der Waals surface area contributed by atoms with Gasteiger partial charge in [0.25, 0.3) is 0 Å². The van der Waals surface area contributed by atoms with Crippen molar-refractivity contribution in [3.63, 3.8) is 0 Å². The van der Waals surface area contributed by atoms with Crippen LogP contribution in [0.25, 0.3) is 11.1 Å². The molecular weight excluding hydrogens is 588 g/mol. The Morgan fingerprint density at radius 2 is 1.36 bits per heavy atom. The van der Waals surface area contributed by atoms with E-state index in [-0.39, 0.29) is 23.3 Å². The topological polar surface area (TPSA) is 107 Å². The molecule has 1 aliphatic carbocycles. The summed E-state index contributed by atoms with van der Waals surface area (Å²) in [6.45, 7) is 0.900. The molecule has 3 aromatic rings. The zero-order valence-electron chi connectivity index (χ0n) is 27.9. The average Bonchev–Trinajstić information content (AvgIpc) is 3.09. The van der Waals surface area contributed by atoms with Crippen molar-refractivity contribution in [1.29, 1.82) is 0 Å². The number of aliphatic hydroxyl groups excluding tert-OH is 1. The van der Waals surface area contributed by atoms with Gasteiger partial charge in [-0.25, -0.2) is 0 Å². The van der Waals surface area contributed by atoms with Crippen molar-refractivity contribution in [1.82, 2.24) is 14.7 Å². The summed E-state index contributed by atoms with van der Waals surface area (Å²) in [5.41, 5.74) is 10.3. The van der Waals surface area contributed by atoms with Crippen LogP contribution in [0.15, 0.2) is 84.9 Å². The minimum absolute atomic E-state index is 0.100. The first-order valence-corrected chi connectivity index (χ1v) is 17.1. The van der Waals surface area contributed by atoms with Gasteiger partial charge in [0.2, 0.25) is 17.7 Å². The van der Waals surface area contributed by atoms with Gasteiger partial charge in [0, 0.05) is 52.0 Å². The van der Waals surface area contributed by atoms with Gasteiger partial charge in [-0.1, -0.05) is 84.9 Å². The van der Waals surface area contributed by atoms with E-state index < -0.39 is 18.2 Å². The number of amides is 3. The van der Waals surface area contributed by atoms with E-state index in [1.165, 1.54) is 0 Å². The molecule has 3 N–H and O–H groups in total. The molecule has 5 rings (SSSR count). The highest BCUT2D eigenvalue weighted by molar-refractivity contribution is 5.92. The highest BCUT2D eigenvalue weighted by Crippen LogP contribution is 2.33. The fraction of sp³-hybridized carbons (Fsp3) is 0.462. The third kappa shape index (κ3) is 8.87.